The van der Waals surface area contributed by atoms with Crippen molar-refractivity contribution in [3.63, 3.8) is 0 Å². The van der Waals surface area contributed by atoms with Gasteiger partial charge in [-0.05, 0) is 75.0 Å². The van der Waals surface area contributed by atoms with Gasteiger partial charge < -0.3 is 4.74 Å². The Kier molecular flexibility index (Phi) is 3.18. The van der Waals surface area contributed by atoms with Gasteiger partial charge >= 0.3 is 0 Å². The third-order valence-electron chi connectivity index (χ3n) is 9.12. The first-order valence-electron chi connectivity index (χ1n) is 10.0. The van der Waals surface area contributed by atoms with E-state index in [1.54, 1.807) is 5.57 Å². The normalized spacial score (nSPS) is 59.5. The molecule has 2 heteroatoms. The van der Waals surface area contributed by atoms with E-state index in [1.165, 1.54) is 57.8 Å². The maximum absolute atomic E-state index is 7.35. The molecule has 0 aromatic carbocycles. The minimum absolute atomic E-state index is 0.0256. The van der Waals surface area contributed by atoms with E-state index in [0.717, 1.165) is 24.4 Å². The Morgan fingerprint density at radius 2 is 1.96 bits per heavy atom. The summed E-state index contributed by atoms with van der Waals surface area (Å²) >= 11 is 7.35. The van der Waals surface area contributed by atoms with Crippen molar-refractivity contribution in [3.8, 4) is 0 Å². The molecule has 1 unspecified atom stereocenters. The van der Waals surface area contributed by atoms with Crippen molar-refractivity contribution in [1.29, 1.82) is 0 Å². The van der Waals surface area contributed by atoms with Gasteiger partial charge in [-0.3, -0.25) is 0 Å². The minimum atomic E-state index is -0.0256. The average Bonchev–Trinajstić information content (AvgIpc) is 2.97. The summed E-state index contributed by atoms with van der Waals surface area (Å²) in [6.07, 6.45) is 14.7. The lowest BCUT2D eigenvalue weighted by Gasteiger charge is -2.61. The zero-order valence-electron chi connectivity index (χ0n) is 14.7. The van der Waals surface area contributed by atoms with Gasteiger partial charge in [0.2, 0.25) is 0 Å². The predicted octanol–water partition coefficient (Wildman–Crippen LogP) is 5.72. The average molecular weight is 335 g/mol. The number of allylic oxidation sites excluding steroid dienone is 2. The predicted molar refractivity (Wildman–Crippen MR) is 94.6 cm³/mol. The van der Waals surface area contributed by atoms with E-state index in [1.807, 2.05) is 0 Å². The van der Waals surface area contributed by atoms with Crippen LogP contribution >= 0.6 is 11.6 Å². The zero-order chi connectivity index (χ0) is 15.9. The fourth-order valence-electron chi connectivity index (χ4n) is 8.06. The van der Waals surface area contributed by atoms with Crippen molar-refractivity contribution in [2.45, 2.75) is 82.6 Å². The van der Waals surface area contributed by atoms with Crippen LogP contribution < -0.4 is 0 Å². The molecule has 1 saturated heterocycles. The second kappa shape index (κ2) is 4.79. The molecule has 23 heavy (non-hydrogen) atoms. The summed E-state index contributed by atoms with van der Waals surface area (Å²) in [5.41, 5.74) is 2.53. The maximum Gasteiger partial charge on any atom is 0.0788 e. The molecule has 0 radical (unpaired) electrons. The monoisotopic (exact) mass is 334 g/mol. The fraction of sp³-hybridized carbons (Fsp3) is 0.905. The summed E-state index contributed by atoms with van der Waals surface area (Å²) in [5, 5.41) is 0. The number of hydrogen-bond acceptors (Lipinski definition) is 1. The van der Waals surface area contributed by atoms with Crippen LogP contribution in [0.5, 0.6) is 0 Å². The first-order valence-corrected chi connectivity index (χ1v) is 10.4. The Morgan fingerprint density at radius 1 is 1.13 bits per heavy atom. The molecule has 0 N–H and O–H groups in total. The molecule has 5 rings (SSSR count). The standard InChI is InChI=1S/C21H31ClO/c1-3-14-6-7-16-15-12-18-21(22)10-5-4-9-20(21,13-23-18)17(15)8-11-19(14,16)2/h3,15-18H,4-13H2,1-2H3/t15-,16-,17-,18?,19+,20-,21-/m0/s1. The molecule has 5 fully saturated rings. The first kappa shape index (κ1) is 15.3. The van der Waals surface area contributed by atoms with Gasteiger partial charge in [0.15, 0.2) is 0 Å². The van der Waals surface area contributed by atoms with Crippen molar-refractivity contribution in [2.24, 2.45) is 28.6 Å². The lowest BCUT2D eigenvalue weighted by Crippen LogP contribution is -2.62. The van der Waals surface area contributed by atoms with E-state index in [-0.39, 0.29) is 4.87 Å². The molecule has 1 aliphatic heterocycles. The summed E-state index contributed by atoms with van der Waals surface area (Å²) in [6.45, 7) is 5.79. The minimum Gasteiger partial charge on any atom is -0.376 e. The van der Waals surface area contributed by atoms with Crippen LogP contribution in [0.2, 0.25) is 0 Å². The van der Waals surface area contributed by atoms with Gasteiger partial charge in [0.1, 0.15) is 0 Å². The van der Waals surface area contributed by atoms with Crippen LogP contribution in [0.1, 0.15) is 71.6 Å². The quantitative estimate of drug-likeness (QED) is 0.407. The third-order valence-corrected chi connectivity index (χ3v) is 9.93. The van der Waals surface area contributed by atoms with Crippen LogP contribution in [0.25, 0.3) is 0 Å². The SMILES string of the molecule is CC=C1CC[C@H]2[C@@H]3CC4OC[C@@]5(CCCC[C@]45Cl)[C@H]3CC[C@]12C. The van der Waals surface area contributed by atoms with E-state index < -0.39 is 0 Å². The van der Waals surface area contributed by atoms with Crippen molar-refractivity contribution < 1.29 is 4.74 Å². The summed E-state index contributed by atoms with van der Waals surface area (Å²) < 4.78 is 6.40. The van der Waals surface area contributed by atoms with Gasteiger partial charge in [-0.15, -0.1) is 11.6 Å². The molecular formula is C21H31ClO. The zero-order valence-corrected chi connectivity index (χ0v) is 15.5. The van der Waals surface area contributed by atoms with Gasteiger partial charge in [0.05, 0.1) is 17.6 Å². The van der Waals surface area contributed by atoms with Crippen LogP contribution in [-0.4, -0.2) is 17.6 Å². The molecule has 4 aliphatic carbocycles. The molecule has 7 atom stereocenters. The molecule has 5 aliphatic rings. The smallest absolute Gasteiger partial charge is 0.0788 e. The highest BCUT2D eigenvalue weighted by Gasteiger charge is 2.71. The molecule has 4 saturated carbocycles. The molecule has 0 amide bonds. The van der Waals surface area contributed by atoms with Gasteiger partial charge in [0.25, 0.3) is 0 Å². The van der Waals surface area contributed by atoms with Gasteiger partial charge in [-0.1, -0.05) is 31.4 Å². The maximum atomic E-state index is 7.35. The van der Waals surface area contributed by atoms with Crippen LogP contribution in [0.15, 0.2) is 11.6 Å². The third kappa shape index (κ3) is 1.65. The molecule has 2 bridgehead atoms. The highest BCUT2D eigenvalue weighted by Crippen LogP contribution is 2.72. The van der Waals surface area contributed by atoms with E-state index >= 15 is 0 Å². The summed E-state index contributed by atoms with van der Waals surface area (Å²) in [4.78, 5) is -0.0256. The van der Waals surface area contributed by atoms with Crippen LogP contribution in [-0.2, 0) is 4.74 Å². The van der Waals surface area contributed by atoms with Crippen molar-refractivity contribution in [2.75, 3.05) is 6.61 Å². The molecule has 128 valence electrons. The summed E-state index contributed by atoms with van der Waals surface area (Å²) in [6, 6.07) is 0. The molecule has 1 nitrogen and oxygen atoms in total. The van der Waals surface area contributed by atoms with E-state index in [4.69, 9.17) is 16.3 Å². The Morgan fingerprint density at radius 3 is 2.78 bits per heavy atom. The number of halogens is 1. The number of hydrogen-bond donors (Lipinski definition) is 0. The molecule has 0 aromatic rings. The number of fused-ring (bicyclic) bond motifs is 3. The number of rotatable bonds is 0. The second-order valence-corrected chi connectivity index (χ2v) is 10.1. The summed E-state index contributed by atoms with van der Waals surface area (Å²) in [7, 11) is 0. The van der Waals surface area contributed by atoms with Crippen LogP contribution in [0.4, 0.5) is 0 Å². The van der Waals surface area contributed by atoms with Crippen molar-refractivity contribution in [1.82, 2.24) is 0 Å². The number of alkyl halides is 1. The topological polar surface area (TPSA) is 9.23 Å². The fourth-order valence-corrected chi connectivity index (χ4v) is 8.64. The lowest BCUT2D eigenvalue weighted by molar-refractivity contribution is -0.0751. The Bertz CT molecular complexity index is 552. The highest BCUT2D eigenvalue weighted by molar-refractivity contribution is 6.25. The Balaban J connectivity index is 1.56. The Hall–Kier alpha value is -0.0100. The van der Waals surface area contributed by atoms with Crippen molar-refractivity contribution in [3.05, 3.63) is 11.6 Å². The lowest BCUT2D eigenvalue weighted by atomic mass is 9.45. The Labute approximate surface area is 146 Å². The van der Waals surface area contributed by atoms with E-state index in [0.29, 0.717) is 16.9 Å². The second-order valence-electron chi connectivity index (χ2n) is 9.45. The molecule has 1 heterocycles. The molecule has 0 spiro atoms. The van der Waals surface area contributed by atoms with Crippen molar-refractivity contribution >= 4 is 11.6 Å². The largest absolute Gasteiger partial charge is 0.376 e. The van der Waals surface area contributed by atoms with Crippen LogP contribution in [0, 0.1) is 28.6 Å². The van der Waals surface area contributed by atoms with Crippen LogP contribution in [0.3, 0.4) is 0 Å². The van der Waals surface area contributed by atoms with Gasteiger partial charge in [0, 0.05) is 5.41 Å². The van der Waals surface area contributed by atoms with Gasteiger partial charge in [-0.2, -0.15) is 0 Å². The highest BCUT2D eigenvalue weighted by atomic mass is 35.5. The van der Waals surface area contributed by atoms with E-state index in [2.05, 4.69) is 19.9 Å². The summed E-state index contributed by atoms with van der Waals surface area (Å²) in [5.74, 6) is 2.58. The van der Waals surface area contributed by atoms with E-state index in [9.17, 15) is 0 Å². The first-order chi connectivity index (χ1) is 11.1. The molecule has 0 aromatic heterocycles. The molecular weight excluding hydrogens is 304 g/mol. The van der Waals surface area contributed by atoms with Gasteiger partial charge in [-0.25, -0.2) is 0 Å². The number of ether oxygens (including phenoxy) is 1.